The summed E-state index contributed by atoms with van der Waals surface area (Å²) in [6, 6.07) is 17.8. The minimum atomic E-state index is -1.39. The van der Waals surface area contributed by atoms with Gasteiger partial charge in [0.05, 0.1) is 5.41 Å². The Morgan fingerprint density at radius 2 is 0.926 bits per heavy atom. The molecule has 0 unspecified atom stereocenters. The van der Waals surface area contributed by atoms with Crippen LogP contribution in [0.25, 0.3) is 0 Å². The second kappa shape index (κ2) is 6.17. The van der Waals surface area contributed by atoms with Crippen LogP contribution in [-0.2, 0) is 24.6 Å². The molecule has 2 aromatic carbocycles. The Morgan fingerprint density at radius 3 is 1.22 bits per heavy atom. The van der Waals surface area contributed by atoms with E-state index in [1.54, 1.807) is 48.5 Å². The number of rotatable bonds is 4. The van der Waals surface area contributed by atoms with Crippen LogP contribution in [0.1, 0.15) is 11.1 Å². The van der Waals surface area contributed by atoms with E-state index >= 15 is 0 Å². The molecule has 6 heteroatoms. The molecular formula is C21H14N2O4. The van der Waals surface area contributed by atoms with E-state index in [1.165, 1.54) is 12.2 Å². The van der Waals surface area contributed by atoms with Crippen LogP contribution in [0.5, 0.6) is 0 Å². The Hall–Kier alpha value is -3.80. The molecule has 0 saturated carbocycles. The molecule has 0 radical (unpaired) electrons. The van der Waals surface area contributed by atoms with Crippen molar-refractivity contribution in [3.63, 3.8) is 0 Å². The molecule has 27 heavy (non-hydrogen) atoms. The molecule has 2 aliphatic heterocycles. The van der Waals surface area contributed by atoms with Crippen LogP contribution in [-0.4, -0.2) is 23.6 Å². The van der Waals surface area contributed by atoms with Crippen LogP contribution in [0.15, 0.2) is 84.0 Å². The number of amides is 4. The van der Waals surface area contributed by atoms with Crippen LogP contribution < -0.4 is 10.6 Å². The topological polar surface area (TPSA) is 92.3 Å². The van der Waals surface area contributed by atoms with Crippen molar-refractivity contribution in [2.45, 2.75) is 5.41 Å². The summed E-state index contributed by atoms with van der Waals surface area (Å²) in [5.74, 6) is -2.31. The Balaban J connectivity index is 2.14. The first-order chi connectivity index (χ1) is 13.0. The SMILES string of the molecule is O=C1C=C(C(C2=CC(=O)NC2=O)(c2ccccc2)c2ccccc2)C(=O)N1. The van der Waals surface area contributed by atoms with Gasteiger partial charge < -0.3 is 0 Å². The molecule has 4 amide bonds. The zero-order valence-electron chi connectivity index (χ0n) is 14.1. The van der Waals surface area contributed by atoms with Crippen molar-refractivity contribution < 1.29 is 19.2 Å². The summed E-state index contributed by atoms with van der Waals surface area (Å²) in [5.41, 5.74) is 0.00319. The van der Waals surface area contributed by atoms with E-state index < -0.39 is 29.0 Å². The van der Waals surface area contributed by atoms with Crippen molar-refractivity contribution in [2.75, 3.05) is 0 Å². The first-order valence-corrected chi connectivity index (χ1v) is 8.29. The highest BCUT2D eigenvalue weighted by Crippen LogP contribution is 2.47. The van der Waals surface area contributed by atoms with Crippen molar-refractivity contribution in [1.82, 2.24) is 10.6 Å². The van der Waals surface area contributed by atoms with Gasteiger partial charge in [-0.15, -0.1) is 0 Å². The maximum Gasteiger partial charge on any atom is 0.255 e. The molecule has 2 aliphatic rings. The number of nitrogens with one attached hydrogen (secondary N) is 2. The lowest BCUT2D eigenvalue weighted by Crippen LogP contribution is -2.40. The predicted molar refractivity (Wildman–Crippen MR) is 96.1 cm³/mol. The molecule has 0 spiro atoms. The van der Waals surface area contributed by atoms with Gasteiger partial charge in [0.25, 0.3) is 23.6 Å². The van der Waals surface area contributed by atoms with Gasteiger partial charge >= 0.3 is 0 Å². The van der Waals surface area contributed by atoms with Crippen LogP contribution >= 0.6 is 0 Å². The summed E-state index contributed by atoms with van der Waals surface area (Å²) < 4.78 is 0. The van der Waals surface area contributed by atoms with E-state index in [0.717, 1.165) is 0 Å². The second-order valence-electron chi connectivity index (χ2n) is 6.23. The first kappa shape index (κ1) is 16.7. The summed E-state index contributed by atoms with van der Waals surface area (Å²) >= 11 is 0. The highest BCUT2D eigenvalue weighted by molar-refractivity contribution is 6.23. The lowest BCUT2D eigenvalue weighted by Gasteiger charge is -2.35. The molecule has 2 N–H and O–H groups in total. The van der Waals surface area contributed by atoms with Crippen LogP contribution in [0, 0.1) is 0 Å². The summed E-state index contributed by atoms with van der Waals surface area (Å²) in [6.45, 7) is 0. The van der Waals surface area contributed by atoms with Gasteiger partial charge in [0.15, 0.2) is 0 Å². The average molecular weight is 358 g/mol. The van der Waals surface area contributed by atoms with E-state index in [9.17, 15) is 19.2 Å². The van der Waals surface area contributed by atoms with E-state index in [2.05, 4.69) is 10.6 Å². The predicted octanol–water partition coefficient (Wildman–Crippen LogP) is 1.14. The third-order valence-electron chi connectivity index (χ3n) is 4.74. The van der Waals surface area contributed by atoms with Crippen molar-refractivity contribution in [2.24, 2.45) is 0 Å². The second-order valence-corrected chi connectivity index (χ2v) is 6.23. The molecule has 4 rings (SSSR count). The van der Waals surface area contributed by atoms with E-state index in [1.807, 2.05) is 12.1 Å². The molecule has 0 bridgehead atoms. The monoisotopic (exact) mass is 358 g/mol. The molecule has 0 saturated heterocycles. The molecule has 2 heterocycles. The first-order valence-electron chi connectivity index (χ1n) is 8.29. The zero-order valence-corrected chi connectivity index (χ0v) is 14.1. The summed E-state index contributed by atoms with van der Waals surface area (Å²) in [5, 5.41) is 4.49. The Labute approximate surface area is 154 Å². The number of carbonyl (C=O) groups is 4. The van der Waals surface area contributed by atoms with Gasteiger partial charge in [-0.2, -0.15) is 0 Å². The fourth-order valence-electron chi connectivity index (χ4n) is 3.69. The largest absolute Gasteiger partial charge is 0.289 e. The fraction of sp³-hybridized carbons (Fsp3) is 0.0476. The van der Waals surface area contributed by atoms with Crippen LogP contribution in [0.4, 0.5) is 0 Å². The molecule has 0 aliphatic carbocycles. The van der Waals surface area contributed by atoms with Gasteiger partial charge in [-0.05, 0) is 11.1 Å². The van der Waals surface area contributed by atoms with Crippen molar-refractivity contribution in [3.8, 4) is 0 Å². The minimum absolute atomic E-state index is 0.0981. The van der Waals surface area contributed by atoms with Crippen molar-refractivity contribution >= 4 is 23.6 Å². The molecule has 2 aromatic rings. The fourth-order valence-corrected chi connectivity index (χ4v) is 3.69. The van der Waals surface area contributed by atoms with Gasteiger partial charge in [0, 0.05) is 23.3 Å². The highest BCUT2D eigenvalue weighted by Gasteiger charge is 2.51. The molecule has 0 atom stereocenters. The van der Waals surface area contributed by atoms with Gasteiger partial charge in [-0.3, -0.25) is 29.8 Å². The summed E-state index contributed by atoms with van der Waals surface area (Å²) in [4.78, 5) is 49.2. The minimum Gasteiger partial charge on any atom is -0.289 e. The number of carbonyl (C=O) groups excluding carboxylic acids is 4. The van der Waals surface area contributed by atoms with Crippen molar-refractivity contribution in [3.05, 3.63) is 95.1 Å². The smallest absolute Gasteiger partial charge is 0.255 e. The average Bonchev–Trinajstić information content (AvgIpc) is 3.19. The summed E-state index contributed by atoms with van der Waals surface area (Å²) in [7, 11) is 0. The lowest BCUT2D eigenvalue weighted by molar-refractivity contribution is -0.125. The maximum absolute atomic E-state index is 12.7. The number of hydrogen-bond acceptors (Lipinski definition) is 4. The normalized spacial score (nSPS) is 16.7. The molecule has 6 nitrogen and oxygen atoms in total. The Bertz CT molecular complexity index is 951. The van der Waals surface area contributed by atoms with Crippen LogP contribution in [0.2, 0.25) is 0 Å². The van der Waals surface area contributed by atoms with E-state index in [0.29, 0.717) is 11.1 Å². The Kier molecular flexibility index (Phi) is 3.81. The lowest BCUT2D eigenvalue weighted by atomic mass is 9.64. The number of benzene rings is 2. The van der Waals surface area contributed by atoms with Crippen LogP contribution in [0.3, 0.4) is 0 Å². The van der Waals surface area contributed by atoms with Gasteiger partial charge in [-0.25, -0.2) is 0 Å². The third-order valence-corrected chi connectivity index (χ3v) is 4.74. The molecular weight excluding hydrogens is 344 g/mol. The molecule has 0 fully saturated rings. The van der Waals surface area contributed by atoms with Gasteiger partial charge in [-0.1, -0.05) is 60.7 Å². The van der Waals surface area contributed by atoms with E-state index in [4.69, 9.17) is 0 Å². The zero-order chi connectivity index (χ0) is 19.0. The quantitative estimate of drug-likeness (QED) is 0.802. The Morgan fingerprint density at radius 1 is 0.556 bits per heavy atom. The summed E-state index contributed by atoms with van der Waals surface area (Å²) in [6.07, 6.45) is 2.39. The highest BCUT2D eigenvalue weighted by atomic mass is 16.2. The van der Waals surface area contributed by atoms with Gasteiger partial charge in [0.2, 0.25) is 0 Å². The van der Waals surface area contributed by atoms with Crippen molar-refractivity contribution in [1.29, 1.82) is 0 Å². The molecule has 0 aromatic heterocycles. The standard InChI is InChI=1S/C21H14N2O4/c24-17-11-15(19(26)22-17)21(13-7-3-1-4-8-13,14-9-5-2-6-10-14)16-12-18(25)23-20(16)27/h1-12H,(H,22,24,26)(H,23,25,27). The number of hydrogen-bond donors (Lipinski definition) is 2. The maximum atomic E-state index is 12.7. The van der Waals surface area contributed by atoms with Gasteiger partial charge in [0.1, 0.15) is 0 Å². The molecule has 132 valence electrons. The number of imide groups is 2. The van der Waals surface area contributed by atoms with E-state index in [-0.39, 0.29) is 11.1 Å². The third kappa shape index (κ3) is 2.50.